The molecule has 1 unspecified atom stereocenters. The Morgan fingerprint density at radius 1 is 1.41 bits per heavy atom. The molecule has 0 radical (unpaired) electrons. The van der Waals surface area contributed by atoms with E-state index in [9.17, 15) is 4.79 Å². The Hall–Kier alpha value is -1.82. The molecule has 1 amide bonds. The number of benzene rings is 1. The lowest BCUT2D eigenvalue weighted by molar-refractivity contribution is -0.118. The van der Waals surface area contributed by atoms with Crippen molar-refractivity contribution in [3.63, 3.8) is 0 Å². The van der Waals surface area contributed by atoms with E-state index in [1.807, 2.05) is 6.92 Å². The number of phenols is 1. The van der Waals surface area contributed by atoms with E-state index in [4.69, 9.17) is 5.11 Å². The van der Waals surface area contributed by atoms with Crippen LogP contribution in [0, 0.1) is 0 Å². The predicted molar refractivity (Wildman–Crippen MR) is 68.3 cm³/mol. The third kappa shape index (κ3) is 3.07. The van der Waals surface area contributed by atoms with Crippen LogP contribution in [0.25, 0.3) is 0 Å². The van der Waals surface area contributed by atoms with Gasteiger partial charge in [0.2, 0.25) is 5.91 Å². The number of phenolic OH excluding ortho intramolecular Hbond substituents is 1. The summed E-state index contributed by atoms with van der Waals surface area (Å²) >= 11 is 1.35. The molecule has 1 heterocycles. The number of amides is 1. The molecule has 0 bridgehead atoms. The minimum atomic E-state index is -0.113. The molecule has 0 aromatic heterocycles. The Bertz CT molecular complexity index is 482. The lowest BCUT2D eigenvalue weighted by Gasteiger charge is -1.92. The lowest BCUT2D eigenvalue weighted by atomic mass is 10.2. The molecule has 1 aliphatic rings. The molecule has 1 fully saturated rings. The number of hydrogen-bond donors (Lipinski definition) is 2. The summed E-state index contributed by atoms with van der Waals surface area (Å²) in [6, 6.07) is 6.59. The molecule has 17 heavy (non-hydrogen) atoms. The van der Waals surface area contributed by atoms with Crippen LogP contribution in [0.2, 0.25) is 0 Å². The summed E-state index contributed by atoms with van der Waals surface area (Å²) in [6.45, 7) is 1.81. The van der Waals surface area contributed by atoms with Gasteiger partial charge in [0.05, 0.1) is 11.5 Å². The standard InChI is InChI=1S/C11H11N3O2S/c1-7-10(16)13-11(17-7)14-12-6-8-2-4-9(15)5-3-8/h2-7,15H,1H3,(H,13,14,16)/b12-6+. The molecule has 0 spiro atoms. The van der Waals surface area contributed by atoms with Crippen molar-refractivity contribution in [1.29, 1.82) is 0 Å². The van der Waals surface area contributed by atoms with Crippen LogP contribution in [0.3, 0.4) is 0 Å². The van der Waals surface area contributed by atoms with Crippen molar-refractivity contribution in [3.05, 3.63) is 29.8 Å². The van der Waals surface area contributed by atoms with E-state index in [-0.39, 0.29) is 16.9 Å². The van der Waals surface area contributed by atoms with Crippen LogP contribution < -0.4 is 5.32 Å². The second kappa shape index (κ2) is 5.01. The van der Waals surface area contributed by atoms with Crippen molar-refractivity contribution < 1.29 is 9.90 Å². The maximum absolute atomic E-state index is 11.2. The van der Waals surface area contributed by atoms with Gasteiger partial charge in [0.15, 0.2) is 5.17 Å². The zero-order valence-electron chi connectivity index (χ0n) is 9.12. The van der Waals surface area contributed by atoms with Gasteiger partial charge >= 0.3 is 0 Å². The minimum absolute atomic E-state index is 0.0476. The molecular weight excluding hydrogens is 238 g/mol. The molecular formula is C11H11N3O2S. The first-order valence-electron chi connectivity index (χ1n) is 5.03. The number of aromatic hydroxyl groups is 1. The Kier molecular flexibility index (Phi) is 3.43. The average Bonchev–Trinajstić information content (AvgIpc) is 2.61. The van der Waals surface area contributed by atoms with Gasteiger partial charge in [-0.3, -0.25) is 4.79 Å². The number of nitrogens with zero attached hydrogens (tertiary/aromatic N) is 2. The van der Waals surface area contributed by atoms with Gasteiger partial charge in [-0.15, -0.1) is 5.10 Å². The van der Waals surface area contributed by atoms with Crippen LogP contribution in [-0.4, -0.2) is 27.6 Å². The second-order valence-electron chi connectivity index (χ2n) is 3.49. The number of thioether (sulfide) groups is 1. The number of nitrogens with one attached hydrogen (secondary N) is 1. The van der Waals surface area contributed by atoms with E-state index in [2.05, 4.69) is 15.5 Å². The molecule has 1 aliphatic heterocycles. The summed E-state index contributed by atoms with van der Waals surface area (Å²) in [5, 5.41) is 19.9. The highest BCUT2D eigenvalue weighted by Crippen LogP contribution is 2.18. The highest BCUT2D eigenvalue weighted by molar-refractivity contribution is 8.15. The van der Waals surface area contributed by atoms with Gasteiger partial charge in [0.1, 0.15) is 5.75 Å². The van der Waals surface area contributed by atoms with E-state index in [1.54, 1.807) is 30.5 Å². The summed E-state index contributed by atoms with van der Waals surface area (Å²) in [5.41, 5.74) is 0.828. The third-order valence-corrected chi connectivity index (χ3v) is 3.11. The van der Waals surface area contributed by atoms with Crippen molar-refractivity contribution in [2.75, 3.05) is 0 Å². The molecule has 2 rings (SSSR count). The predicted octanol–water partition coefficient (Wildman–Crippen LogP) is 1.33. The quantitative estimate of drug-likeness (QED) is 0.613. The number of hydrogen-bond acceptors (Lipinski definition) is 5. The zero-order chi connectivity index (χ0) is 12.3. The molecule has 88 valence electrons. The van der Waals surface area contributed by atoms with Gasteiger partial charge in [-0.25, -0.2) is 0 Å². The first-order chi connectivity index (χ1) is 8.15. The van der Waals surface area contributed by atoms with Crippen LogP contribution >= 0.6 is 11.8 Å². The van der Waals surface area contributed by atoms with E-state index in [0.717, 1.165) is 5.56 Å². The topological polar surface area (TPSA) is 74.1 Å². The van der Waals surface area contributed by atoms with Gasteiger partial charge in [0, 0.05) is 0 Å². The average molecular weight is 249 g/mol. The summed E-state index contributed by atoms with van der Waals surface area (Å²) < 4.78 is 0. The van der Waals surface area contributed by atoms with Crippen molar-refractivity contribution >= 4 is 29.1 Å². The SMILES string of the molecule is CC1S/C(=N\N=C\c2ccc(O)cc2)NC1=O. The Labute approximate surface area is 103 Å². The molecule has 1 atom stereocenters. The van der Waals surface area contributed by atoms with Crippen molar-refractivity contribution in [2.45, 2.75) is 12.2 Å². The van der Waals surface area contributed by atoms with Crippen LogP contribution in [0.4, 0.5) is 0 Å². The maximum Gasteiger partial charge on any atom is 0.239 e. The van der Waals surface area contributed by atoms with Gasteiger partial charge in [-0.05, 0) is 36.8 Å². The number of rotatable bonds is 2. The molecule has 5 nitrogen and oxygen atoms in total. The lowest BCUT2D eigenvalue weighted by Crippen LogP contribution is -2.23. The molecule has 1 aromatic carbocycles. The maximum atomic E-state index is 11.2. The first kappa shape index (κ1) is 11.7. The molecule has 0 aliphatic carbocycles. The number of carbonyl (C=O) groups is 1. The van der Waals surface area contributed by atoms with E-state index >= 15 is 0 Å². The molecule has 1 saturated heterocycles. The summed E-state index contributed by atoms with van der Waals surface area (Å²) in [4.78, 5) is 11.2. The first-order valence-corrected chi connectivity index (χ1v) is 5.91. The van der Waals surface area contributed by atoms with Crippen LogP contribution in [-0.2, 0) is 4.79 Å². The largest absolute Gasteiger partial charge is 0.508 e. The fourth-order valence-corrected chi connectivity index (χ4v) is 1.97. The minimum Gasteiger partial charge on any atom is -0.508 e. The summed E-state index contributed by atoms with van der Waals surface area (Å²) in [7, 11) is 0. The Morgan fingerprint density at radius 2 is 2.12 bits per heavy atom. The Morgan fingerprint density at radius 3 is 2.71 bits per heavy atom. The molecule has 1 aromatic rings. The van der Waals surface area contributed by atoms with Crippen LogP contribution in [0.5, 0.6) is 5.75 Å². The van der Waals surface area contributed by atoms with Crippen molar-refractivity contribution in [1.82, 2.24) is 5.32 Å². The van der Waals surface area contributed by atoms with E-state index in [0.29, 0.717) is 5.17 Å². The normalized spacial score (nSPS) is 22.3. The molecule has 6 heteroatoms. The number of amidine groups is 1. The van der Waals surface area contributed by atoms with Gasteiger partial charge in [-0.1, -0.05) is 11.8 Å². The van der Waals surface area contributed by atoms with Crippen LogP contribution in [0.1, 0.15) is 12.5 Å². The molecule has 0 saturated carbocycles. The molecule has 2 N–H and O–H groups in total. The third-order valence-electron chi connectivity index (χ3n) is 2.14. The van der Waals surface area contributed by atoms with Gasteiger partial charge < -0.3 is 10.4 Å². The van der Waals surface area contributed by atoms with Crippen LogP contribution in [0.15, 0.2) is 34.5 Å². The smallest absolute Gasteiger partial charge is 0.239 e. The van der Waals surface area contributed by atoms with Gasteiger partial charge in [-0.2, -0.15) is 5.10 Å². The van der Waals surface area contributed by atoms with E-state index < -0.39 is 0 Å². The fraction of sp³-hybridized carbons (Fsp3) is 0.182. The van der Waals surface area contributed by atoms with Crippen molar-refractivity contribution in [3.8, 4) is 5.75 Å². The van der Waals surface area contributed by atoms with Crippen molar-refractivity contribution in [2.24, 2.45) is 10.2 Å². The highest BCUT2D eigenvalue weighted by atomic mass is 32.2. The van der Waals surface area contributed by atoms with Gasteiger partial charge in [0.25, 0.3) is 0 Å². The fourth-order valence-electron chi connectivity index (χ4n) is 1.21. The monoisotopic (exact) mass is 249 g/mol. The zero-order valence-corrected chi connectivity index (χ0v) is 9.94. The summed E-state index contributed by atoms with van der Waals surface area (Å²) in [5.74, 6) is 0.162. The number of carbonyl (C=O) groups excluding carboxylic acids is 1. The Balaban J connectivity index is 2.00. The van der Waals surface area contributed by atoms with E-state index in [1.165, 1.54) is 11.8 Å². The highest BCUT2D eigenvalue weighted by Gasteiger charge is 2.25. The second-order valence-corrected chi connectivity index (χ2v) is 4.82. The summed E-state index contributed by atoms with van der Waals surface area (Å²) in [6.07, 6.45) is 1.56.